The molecule has 0 saturated carbocycles. The van der Waals surface area contributed by atoms with Crippen molar-refractivity contribution in [3.05, 3.63) is 32.8 Å². The fraction of sp³-hybridized carbons (Fsp3) is 0.500. The smallest absolute Gasteiger partial charge is 0.292 e. The summed E-state index contributed by atoms with van der Waals surface area (Å²) >= 11 is 3.33. The molecule has 5 nitrogen and oxygen atoms in total. The Morgan fingerprint density at radius 3 is 3.06 bits per heavy atom. The van der Waals surface area contributed by atoms with Crippen LogP contribution in [0.3, 0.4) is 0 Å². The van der Waals surface area contributed by atoms with Gasteiger partial charge in [-0.05, 0) is 37.9 Å². The molecule has 0 aliphatic carbocycles. The maximum Gasteiger partial charge on any atom is 0.292 e. The highest BCUT2D eigenvalue weighted by Gasteiger charge is 2.16. The number of nitro groups is 1. The standard InChI is InChI=1S/C12H16BrN3O2/c13-9-3-4-12(16(17)18)11(8-9)15-7-5-10-2-1-6-14-10/h3-4,8,10,14-15H,1-2,5-7H2/t10-/m1/s1. The Morgan fingerprint density at radius 2 is 2.39 bits per heavy atom. The van der Waals surface area contributed by atoms with Gasteiger partial charge < -0.3 is 10.6 Å². The van der Waals surface area contributed by atoms with E-state index in [2.05, 4.69) is 26.6 Å². The summed E-state index contributed by atoms with van der Waals surface area (Å²) in [7, 11) is 0. The second-order valence-electron chi connectivity index (χ2n) is 4.43. The predicted molar refractivity (Wildman–Crippen MR) is 74.9 cm³/mol. The van der Waals surface area contributed by atoms with Gasteiger partial charge in [-0.1, -0.05) is 15.9 Å². The summed E-state index contributed by atoms with van der Waals surface area (Å²) in [4.78, 5) is 10.5. The number of rotatable bonds is 5. The minimum atomic E-state index is -0.359. The van der Waals surface area contributed by atoms with E-state index in [9.17, 15) is 10.1 Å². The fourth-order valence-electron chi connectivity index (χ4n) is 2.19. The van der Waals surface area contributed by atoms with Crippen LogP contribution >= 0.6 is 15.9 Å². The third-order valence-electron chi connectivity index (χ3n) is 3.13. The summed E-state index contributed by atoms with van der Waals surface area (Å²) in [5.41, 5.74) is 0.699. The Morgan fingerprint density at radius 1 is 1.56 bits per heavy atom. The second-order valence-corrected chi connectivity index (χ2v) is 5.34. The van der Waals surface area contributed by atoms with Gasteiger partial charge in [-0.3, -0.25) is 10.1 Å². The number of hydrogen-bond donors (Lipinski definition) is 2. The van der Waals surface area contributed by atoms with Gasteiger partial charge in [0.25, 0.3) is 5.69 Å². The SMILES string of the molecule is O=[N+]([O-])c1ccc(Br)cc1NCC[C@H]1CCCN1. The topological polar surface area (TPSA) is 67.2 Å². The number of hydrogen-bond acceptors (Lipinski definition) is 4. The lowest BCUT2D eigenvalue weighted by Crippen LogP contribution is -2.24. The average molecular weight is 314 g/mol. The van der Waals surface area contributed by atoms with Crippen LogP contribution in [0.15, 0.2) is 22.7 Å². The molecule has 1 fully saturated rings. The van der Waals surface area contributed by atoms with Crippen LogP contribution in [0.25, 0.3) is 0 Å². The molecule has 0 bridgehead atoms. The molecule has 1 aliphatic heterocycles. The molecule has 1 aromatic rings. The lowest BCUT2D eigenvalue weighted by molar-refractivity contribution is -0.384. The first kappa shape index (κ1) is 13.3. The first-order chi connectivity index (χ1) is 8.66. The van der Waals surface area contributed by atoms with Crippen LogP contribution < -0.4 is 10.6 Å². The highest BCUT2D eigenvalue weighted by Crippen LogP contribution is 2.27. The van der Waals surface area contributed by atoms with Gasteiger partial charge in [-0.25, -0.2) is 0 Å². The Labute approximate surface area is 114 Å². The molecular weight excluding hydrogens is 298 g/mol. The number of nitrogens with one attached hydrogen (secondary N) is 2. The lowest BCUT2D eigenvalue weighted by atomic mass is 10.1. The molecule has 6 heteroatoms. The van der Waals surface area contributed by atoms with Crippen LogP contribution in [0.5, 0.6) is 0 Å². The van der Waals surface area contributed by atoms with E-state index in [0.717, 1.165) is 24.0 Å². The number of nitro benzene ring substituents is 1. The number of nitrogens with zero attached hydrogens (tertiary/aromatic N) is 1. The Balaban J connectivity index is 1.94. The molecule has 0 unspecified atom stereocenters. The highest BCUT2D eigenvalue weighted by atomic mass is 79.9. The molecule has 1 atom stereocenters. The zero-order valence-electron chi connectivity index (χ0n) is 9.99. The van der Waals surface area contributed by atoms with Crippen LogP contribution in [0.2, 0.25) is 0 Å². The molecule has 2 N–H and O–H groups in total. The minimum absolute atomic E-state index is 0.123. The zero-order chi connectivity index (χ0) is 13.0. The maximum absolute atomic E-state index is 10.9. The van der Waals surface area contributed by atoms with E-state index in [1.54, 1.807) is 12.1 Å². The van der Waals surface area contributed by atoms with Crippen molar-refractivity contribution in [3.8, 4) is 0 Å². The van der Waals surface area contributed by atoms with Gasteiger partial charge in [0, 0.05) is 23.1 Å². The molecule has 1 aromatic carbocycles. The quantitative estimate of drug-likeness (QED) is 0.648. The summed E-state index contributed by atoms with van der Waals surface area (Å²) < 4.78 is 0.842. The van der Waals surface area contributed by atoms with E-state index < -0.39 is 0 Å². The predicted octanol–water partition coefficient (Wildman–Crippen LogP) is 2.91. The Hall–Kier alpha value is -1.14. The average Bonchev–Trinajstić information content (AvgIpc) is 2.82. The third-order valence-corrected chi connectivity index (χ3v) is 3.62. The van der Waals surface area contributed by atoms with Crippen molar-refractivity contribution in [2.75, 3.05) is 18.4 Å². The minimum Gasteiger partial charge on any atom is -0.379 e. The van der Waals surface area contributed by atoms with Crippen LogP contribution in [-0.4, -0.2) is 24.1 Å². The molecule has 18 heavy (non-hydrogen) atoms. The molecule has 0 amide bonds. The van der Waals surface area contributed by atoms with Gasteiger partial charge in [0.2, 0.25) is 0 Å². The van der Waals surface area contributed by atoms with Crippen molar-refractivity contribution < 1.29 is 4.92 Å². The molecule has 2 rings (SSSR count). The van der Waals surface area contributed by atoms with Gasteiger partial charge >= 0.3 is 0 Å². The van der Waals surface area contributed by atoms with Crippen molar-refractivity contribution >= 4 is 27.3 Å². The molecule has 1 heterocycles. The first-order valence-corrected chi connectivity index (χ1v) is 6.87. The van der Waals surface area contributed by atoms with Crippen molar-refractivity contribution in [1.29, 1.82) is 0 Å². The van der Waals surface area contributed by atoms with Crippen LogP contribution in [0, 0.1) is 10.1 Å². The van der Waals surface area contributed by atoms with Gasteiger partial charge in [0.05, 0.1) is 4.92 Å². The van der Waals surface area contributed by atoms with Gasteiger partial charge in [-0.15, -0.1) is 0 Å². The Bertz CT molecular complexity index is 433. The second kappa shape index (κ2) is 6.15. The Kier molecular flexibility index (Phi) is 4.54. The van der Waals surface area contributed by atoms with Gasteiger partial charge in [-0.2, -0.15) is 0 Å². The van der Waals surface area contributed by atoms with E-state index >= 15 is 0 Å². The number of anilines is 1. The summed E-state index contributed by atoms with van der Waals surface area (Å²) in [5.74, 6) is 0. The molecule has 0 spiro atoms. The molecule has 1 saturated heterocycles. The molecule has 1 aliphatic rings. The van der Waals surface area contributed by atoms with E-state index in [1.165, 1.54) is 18.9 Å². The van der Waals surface area contributed by atoms with Crippen molar-refractivity contribution in [2.45, 2.75) is 25.3 Å². The summed E-state index contributed by atoms with van der Waals surface area (Å²) in [6.45, 7) is 1.83. The zero-order valence-corrected chi connectivity index (χ0v) is 11.6. The van der Waals surface area contributed by atoms with E-state index in [0.29, 0.717) is 11.7 Å². The molecule has 98 valence electrons. The lowest BCUT2D eigenvalue weighted by Gasteiger charge is -2.12. The monoisotopic (exact) mass is 313 g/mol. The van der Waals surface area contributed by atoms with E-state index in [4.69, 9.17) is 0 Å². The highest BCUT2D eigenvalue weighted by molar-refractivity contribution is 9.10. The van der Waals surface area contributed by atoms with Crippen LogP contribution in [-0.2, 0) is 0 Å². The largest absolute Gasteiger partial charge is 0.379 e. The van der Waals surface area contributed by atoms with Crippen LogP contribution in [0.4, 0.5) is 11.4 Å². The summed E-state index contributed by atoms with van der Waals surface area (Å²) in [6.07, 6.45) is 3.41. The third kappa shape index (κ3) is 3.43. The van der Waals surface area contributed by atoms with Crippen molar-refractivity contribution in [3.63, 3.8) is 0 Å². The number of halogens is 1. The first-order valence-electron chi connectivity index (χ1n) is 6.08. The van der Waals surface area contributed by atoms with E-state index in [1.807, 2.05) is 0 Å². The van der Waals surface area contributed by atoms with Crippen molar-refractivity contribution in [1.82, 2.24) is 5.32 Å². The van der Waals surface area contributed by atoms with Crippen molar-refractivity contribution in [2.24, 2.45) is 0 Å². The summed E-state index contributed by atoms with van der Waals surface area (Å²) in [5, 5.41) is 17.4. The summed E-state index contributed by atoms with van der Waals surface area (Å²) in [6, 6.07) is 5.49. The molecule has 0 aromatic heterocycles. The molecular formula is C12H16BrN3O2. The van der Waals surface area contributed by atoms with Gasteiger partial charge in [0.15, 0.2) is 0 Å². The fourth-order valence-corrected chi connectivity index (χ4v) is 2.55. The van der Waals surface area contributed by atoms with E-state index in [-0.39, 0.29) is 10.6 Å². The number of benzene rings is 1. The van der Waals surface area contributed by atoms with Crippen LogP contribution in [0.1, 0.15) is 19.3 Å². The van der Waals surface area contributed by atoms with Gasteiger partial charge in [0.1, 0.15) is 5.69 Å². The molecule has 0 radical (unpaired) electrons. The normalized spacial score (nSPS) is 18.8. The maximum atomic E-state index is 10.9.